The predicted octanol–water partition coefficient (Wildman–Crippen LogP) is 3.54. The van der Waals surface area contributed by atoms with Gasteiger partial charge in [0, 0.05) is 12.1 Å². The summed E-state index contributed by atoms with van der Waals surface area (Å²) in [5.41, 5.74) is 1.23. The van der Waals surface area contributed by atoms with Crippen LogP contribution in [-0.2, 0) is 13.2 Å². The number of benzene rings is 2. The van der Waals surface area contributed by atoms with Gasteiger partial charge in [0.05, 0.1) is 18.2 Å². The monoisotopic (exact) mass is 406 g/mol. The molecule has 10 heteroatoms. The van der Waals surface area contributed by atoms with E-state index in [0.29, 0.717) is 16.7 Å². The van der Waals surface area contributed by atoms with E-state index < -0.39 is 31.0 Å². The van der Waals surface area contributed by atoms with E-state index in [4.69, 9.17) is 9.68 Å². The highest BCUT2D eigenvalue weighted by atomic mass is 19.4. The number of halogens is 4. The van der Waals surface area contributed by atoms with E-state index >= 15 is 0 Å². The summed E-state index contributed by atoms with van der Waals surface area (Å²) in [5, 5.41) is 12.7. The van der Waals surface area contributed by atoms with E-state index in [1.165, 1.54) is 36.4 Å². The maximum atomic E-state index is 13.0. The second kappa shape index (κ2) is 8.28. The Labute approximate surface area is 162 Å². The van der Waals surface area contributed by atoms with Crippen molar-refractivity contribution in [3.63, 3.8) is 0 Å². The van der Waals surface area contributed by atoms with E-state index in [1.807, 2.05) is 6.07 Å². The van der Waals surface area contributed by atoms with E-state index in [2.05, 4.69) is 5.10 Å². The van der Waals surface area contributed by atoms with E-state index in [1.54, 1.807) is 0 Å². The van der Waals surface area contributed by atoms with Gasteiger partial charge in [0.25, 0.3) is 0 Å². The van der Waals surface area contributed by atoms with Gasteiger partial charge in [-0.05, 0) is 42.0 Å². The fourth-order valence-corrected chi connectivity index (χ4v) is 2.65. The molecule has 0 bridgehead atoms. The summed E-state index contributed by atoms with van der Waals surface area (Å²) in [7, 11) is 0. The van der Waals surface area contributed by atoms with Crippen LogP contribution in [0.5, 0.6) is 0 Å². The molecule has 0 saturated carbocycles. The number of rotatable bonds is 6. The standard InChI is InChI=1S/C19H14F4N4O2/c20-16-7-5-15(6-8-16)17-25-27(18(28)29-17)12-26(11-19(21,22)23)10-14-3-1-13(9-24)2-4-14/h1-8H,10-12H2. The lowest BCUT2D eigenvalue weighted by Gasteiger charge is -2.22. The lowest BCUT2D eigenvalue weighted by Crippen LogP contribution is -2.37. The van der Waals surface area contributed by atoms with Crippen molar-refractivity contribution >= 4 is 0 Å². The van der Waals surface area contributed by atoms with Gasteiger partial charge < -0.3 is 4.42 Å². The molecule has 29 heavy (non-hydrogen) atoms. The highest BCUT2D eigenvalue weighted by Gasteiger charge is 2.31. The van der Waals surface area contributed by atoms with Crippen molar-refractivity contribution in [2.45, 2.75) is 19.4 Å². The number of nitrogens with zero attached hydrogens (tertiary/aromatic N) is 4. The van der Waals surface area contributed by atoms with Crippen LogP contribution in [0.25, 0.3) is 11.5 Å². The molecule has 6 nitrogen and oxygen atoms in total. The molecule has 0 aliphatic rings. The summed E-state index contributed by atoms with van der Waals surface area (Å²) in [6, 6.07) is 13.0. The summed E-state index contributed by atoms with van der Waals surface area (Å²) >= 11 is 0. The first-order valence-electron chi connectivity index (χ1n) is 8.35. The number of hydrogen-bond donors (Lipinski definition) is 0. The molecule has 2 aromatic carbocycles. The Bertz CT molecular complexity index is 1060. The van der Waals surface area contributed by atoms with Crippen molar-refractivity contribution in [3.05, 3.63) is 76.0 Å². The molecule has 0 aliphatic carbocycles. The predicted molar refractivity (Wildman–Crippen MR) is 93.8 cm³/mol. The first kappa shape index (κ1) is 20.3. The highest BCUT2D eigenvalue weighted by Crippen LogP contribution is 2.20. The molecule has 1 aromatic heterocycles. The number of nitriles is 1. The fourth-order valence-electron chi connectivity index (χ4n) is 2.65. The summed E-state index contributed by atoms with van der Waals surface area (Å²) < 4.78 is 57.7. The number of hydrogen-bond acceptors (Lipinski definition) is 5. The molecule has 150 valence electrons. The zero-order valence-corrected chi connectivity index (χ0v) is 14.9. The Kier molecular flexibility index (Phi) is 5.79. The highest BCUT2D eigenvalue weighted by molar-refractivity contribution is 5.51. The van der Waals surface area contributed by atoms with Gasteiger partial charge in [-0.1, -0.05) is 12.1 Å². The van der Waals surface area contributed by atoms with Gasteiger partial charge in [-0.3, -0.25) is 4.90 Å². The van der Waals surface area contributed by atoms with E-state index in [0.717, 1.165) is 21.7 Å². The third kappa shape index (κ3) is 5.52. The van der Waals surface area contributed by atoms with Crippen molar-refractivity contribution in [3.8, 4) is 17.5 Å². The average Bonchev–Trinajstić information content (AvgIpc) is 3.02. The van der Waals surface area contributed by atoms with Crippen LogP contribution in [0.4, 0.5) is 17.6 Å². The van der Waals surface area contributed by atoms with Crippen molar-refractivity contribution in [1.29, 1.82) is 5.26 Å². The molecular weight excluding hydrogens is 392 g/mol. The first-order chi connectivity index (χ1) is 13.7. The van der Waals surface area contributed by atoms with Crippen molar-refractivity contribution in [1.82, 2.24) is 14.7 Å². The van der Waals surface area contributed by atoms with Crippen molar-refractivity contribution < 1.29 is 22.0 Å². The molecular formula is C19H14F4N4O2. The molecule has 0 fully saturated rings. The van der Waals surface area contributed by atoms with E-state index in [9.17, 15) is 22.4 Å². The van der Waals surface area contributed by atoms with Crippen LogP contribution in [-0.4, -0.2) is 27.4 Å². The summed E-state index contributed by atoms with van der Waals surface area (Å²) in [6.07, 6.45) is -4.50. The van der Waals surface area contributed by atoms with Crippen LogP contribution in [0.2, 0.25) is 0 Å². The molecule has 3 aromatic rings. The molecule has 0 unspecified atom stereocenters. The molecule has 0 spiro atoms. The van der Waals surface area contributed by atoms with Crippen molar-refractivity contribution in [2.24, 2.45) is 0 Å². The lowest BCUT2D eigenvalue weighted by atomic mass is 10.1. The normalized spacial score (nSPS) is 11.6. The topological polar surface area (TPSA) is 75.1 Å². The molecule has 0 radical (unpaired) electrons. The van der Waals surface area contributed by atoms with Gasteiger partial charge in [-0.25, -0.2) is 9.18 Å². The van der Waals surface area contributed by atoms with Gasteiger partial charge in [-0.15, -0.1) is 5.10 Å². The lowest BCUT2D eigenvalue weighted by molar-refractivity contribution is -0.151. The molecule has 1 heterocycles. The van der Waals surface area contributed by atoms with Crippen LogP contribution in [0, 0.1) is 17.1 Å². The summed E-state index contributed by atoms with van der Waals surface area (Å²) in [5.74, 6) is -1.55. The molecule has 0 amide bonds. The molecule has 0 atom stereocenters. The second-order valence-corrected chi connectivity index (χ2v) is 6.23. The van der Waals surface area contributed by atoms with Gasteiger partial charge >= 0.3 is 11.9 Å². The molecule has 0 saturated heterocycles. The third-order valence-electron chi connectivity index (χ3n) is 3.92. The smallest absolute Gasteiger partial charge is 0.388 e. The van der Waals surface area contributed by atoms with Crippen molar-refractivity contribution in [2.75, 3.05) is 6.54 Å². The minimum absolute atomic E-state index is 0.125. The summed E-state index contributed by atoms with van der Waals surface area (Å²) in [6.45, 7) is -1.88. The molecule has 0 aliphatic heterocycles. The van der Waals surface area contributed by atoms with E-state index in [-0.39, 0.29) is 12.4 Å². The average molecular weight is 406 g/mol. The molecule has 0 N–H and O–H groups in total. The van der Waals surface area contributed by atoms with Gasteiger partial charge in [0.2, 0.25) is 5.89 Å². The second-order valence-electron chi connectivity index (χ2n) is 6.23. The van der Waals surface area contributed by atoms with Crippen LogP contribution in [0.15, 0.2) is 57.7 Å². The minimum Gasteiger partial charge on any atom is -0.388 e. The Morgan fingerprint density at radius 2 is 1.76 bits per heavy atom. The maximum absolute atomic E-state index is 13.0. The SMILES string of the molecule is N#Cc1ccc(CN(Cn2nc(-c3ccc(F)cc3)oc2=O)CC(F)(F)F)cc1. The van der Waals surface area contributed by atoms with Crippen LogP contribution in [0.1, 0.15) is 11.1 Å². The van der Waals surface area contributed by atoms with Gasteiger partial charge in [0.1, 0.15) is 12.5 Å². The molecule has 3 rings (SSSR count). The fraction of sp³-hybridized carbons (Fsp3) is 0.211. The Morgan fingerprint density at radius 1 is 1.10 bits per heavy atom. The largest absolute Gasteiger partial charge is 0.438 e. The van der Waals surface area contributed by atoms with Crippen LogP contribution < -0.4 is 5.76 Å². The Balaban J connectivity index is 1.82. The zero-order valence-electron chi connectivity index (χ0n) is 14.9. The van der Waals surface area contributed by atoms with Gasteiger partial charge in [0.15, 0.2) is 0 Å². The summed E-state index contributed by atoms with van der Waals surface area (Å²) in [4.78, 5) is 13.0. The third-order valence-corrected chi connectivity index (χ3v) is 3.92. The minimum atomic E-state index is -4.50. The first-order valence-corrected chi connectivity index (χ1v) is 8.35. The quantitative estimate of drug-likeness (QED) is 0.586. The number of aromatic nitrogens is 2. The Morgan fingerprint density at radius 3 is 2.34 bits per heavy atom. The van der Waals surface area contributed by atoms with Crippen LogP contribution in [0.3, 0.4) is 0 Å². The maximum Gasteiger partial charge on any atom is 0.438 e. The number of alkyl halides is 3. The zero-order chi connectivity index (χ0) is 21.0. The van der Waals surface area contributed by atoms with Gasteiger partial charge in [-0.2, -0.15) is 23.1 Å². The van der Waals surface area contributed by atoms with Crippen LogP contribution >= 0.6 is 0 Å². The Hall–Kier alpha value is -3.45.